The van der Waals surface area contributed by atoms with E-state index in [1.165, 1.54) is 32.1 Å². The average Bonchev–Trinajstić information content (AvgIpc) is 2.45. The van der Waals surface area contributed by atoms with Crippen molar-refractivity contribution in [2.75, 3.05) is 7.11 Å². The number of unbranched alkanes of at least 4 members (excludes halogenated alkanes) is 6. The summed E-state index contributed by atoms with van der Waals surface area (Å²) < 4.78 is 6.87. The summed E-state index contributed by atoms with van der Waals surface area (Å²) >= 11 is 6.87. The average molecular weight is 420 g/mol. The minimum Gasteiger partial charge on any atom is -0.494 e. The van der Waals surface area contributed by atoms with Gasteiger partial charge in [-0.15, -0.1) is 0 Å². The third-order valence-electron chi connectivity index (χ3n) is 3.53. The summed E-state index contributed by atoms with van der Waals surface area (Å²) in [7, 11) is 1.62. The molecule has 2 nitrogen and oxygen atoms in total. The van der Waals surface area contributed by atoms with Crippen LogP contribution in [0.25, 0.3) is 0 Å². The van der Waals surface area contributed by atoms with Gasteiger partial charge in [-0.1, -0.05) is 45.4 Å². The first-order valence-electron chi connectivity index (χ1n) is 7.66. The molecule has 0 spiro atoms. The molecular formula is C17H24Br2O2. The molecule has 0 fully saturated rings. The van der Waals surface area contributed by atoms with E-state index in [9.17, 15) is 4.79 Å². The summed E-state index contributed by atoms with van der Waals surface area (Å²) in [6.07, 6.45) is 9.21. The fourth-order valence-electron chi connectivity index (χ4n) is 2.30. The van der Waals surface area contributed by atoms with Crippen molar-refractivity contribution in [1.82, 2.24) is 0 Å². The van der Waals surface area contributed by atoms with Crippen LogP contribution < -0.4 is 4.74 Å². The molecular weight excluding hydrogens is 396 g/mol. The van der Waals surface area contributed by atoms with Gasteiger partial charge in [0.05, 0.1) is 16.1 Å². The van der Waals surface area contributed by atoms with E-state index in [4.69, 9.17) is 4.74 Å². The van der Waals surface area contributed by atoms with Crippen LogP contribution in [0.1, 0.15) is 68.6 Å². The van der Waals surface area contributed by atoms with Crippen molar-refractivity contribution in [3.8, 4) is 5.75 Å². The zero-order chi connectivity index (χ0) is 15.7. The molecule has 0 aliphatic carbocycles. The molecule has 1 aromatic carbocycles. The summed E-state index contributed by atoms with van der Waals surface area (Å²) in [5, 5.41) is 0. The summed E-state index contributed by atoms with van der Waals surface area (Å²) in [5.74, 6) is 0.926. The predicted molar refractivity (Wildman–Crippen MR) is 95.3 cm³/mol. The number of ether oxygens (including phenoxy) is 1. The number of halogens is 2. The lowest BCUT2D eigenvalue weighted by Gasteiger charge is -2.08. The van der Waals surface area contributed by atoms with Gasteiger partial charge in [-0.2, -0.15) is 0 Å². The van der Waals surface area contributed by atoms with Gasteiger partial charge in [-0.25, -0.2) is 0 Å². The van der Waals surface area contributed by atoms with Crippen LogP contribution in [0, 0.1) is 0 Å². The number of rotatable bonds is 10. The normalized spacial score (nSPS) is 10.7. The van der Waals surface area contributed by atoms with Crippen LogP contribution in [0.2, 0.25) is 0 Å². The Morgan fingerprint density at radius 3 is 2.05 bits per heavy atom. The van der Waals surface area contributed by atoms with Crippen LogP contribution >= 0.6 is 31.9 Å². The molecule has 0 radical (unpaired) electrons. The lowest BCUT2D eigenvalue weighted by molar-refractivity contribution is 0.0979. The highest BCUT2D eigenvalue weighted by Gasteiger charge is 2.12. The number of benzene rings is 1. The molecule has 21 heavy (non-hydrogen) atoms. The van der Waals surface area contributed by atoms with Crippen LogP contribution in [-0.2, 0) is 0 Å². The summed E-state index contributed by atoms with van der Waals surface area (Å²) in [5.41, 5.74) is 0.737. The SMILES string of the molecule is CCCCCCCCCC(=O)c1cc(Br)c(OC)c(Br)c1. The van der Waals surface area contributed by atoms with E-state index >= 15 is 0 Å². The Hall–Kier alpha value is -0.350. The number of carbonyl (C=O) groups is 1. The minimum absolute atomic E-state index is 0.201. The highest BCUT2D eigenvalue weighted by atomic mass is 79.9. The van der Waals surface area contributed by atoms with Gasteiger partial charge in [-0.05, 0) is 50.4 Å². The molecule has 0 N–H and O–H groups in total. The standard InChI is InChI=1S/C17H24Br2O2/c1-3-4-5-6-7-8-9-10-16(20)13-11-14(18)17(21-2)15(19)12-13/h11-12H,3-10H2,1-2H3. The fraction of sp³-hybridized carbons (Fsp3) is 0.588. The Morgan fingerprint density at radius 2 is 1.52 bits per heavy atom. The highest BCUT2D eigenvalue weighted by Crippen LogP contribution is 2.34. The lowest BCUT2D eigenvalue weighted by atomic mass is 10.0. The number of Topliss-reactive ketones (excluding diaryl/α,β-unsaturated/α-hetero) is 1. The van der Waals surface area contributed by atoms with E-state index in [0.717, 1.165) is 33.1 Å². The third-order valence-corrected chi connectivity index (χ3v) is 4.71. The molecule has 1 aromatic rings. The predicted octanol–water partition coefficient (Wildman–Crippen LogP) is 6.54. The minimum atomic E-state index is 0.201. The second kappa shape index (κ2) is 10.4. The topological polar surface area (TPSA) is 26.3 Å². The van der Waals surface area contributed by atoms with Gasteiger partial charge in [0.2, 0.25) is 0 Å². The first-order chi connectivity index (χ1) is 10.1. The maximum Gasteiger partial charge on any atom is 0.162 e. The van der Waals surface area contributed by atoms with Gasteiger partial charge in [-0.3, -0.25) is 4.79 Å². The number of carbonyl (C=O) groups excluding carboxylic acids is 1. The van der Waals surface area contributed by atoms with Crippen LogP contribution in [0.5, 0.6) is 5.75 Å². The number of hydrogen-bond donors (Lipinski definition) is 0. The van der Waals surface area contributed by atoms with Crippen LogP contribution in [0.3, 0.4) is 0 Å². The van der Waals surface area contributed by atoms with Crippen LogP contribution in [0.4, 0.5) is 0 Å². The number of hydrogen-bond acceptors (Lipinski definition) is 2. The van der Waals surface area contributed by atoms with Crippen molar-refractivity contribution < 1.29 is 9.53 Å². The Balaban J connectivity index is 2.39. The van der Waals surface area contributed by atoms with E-state index in [1.807, 2.05) is 12.1 Å². The molecule has 118 valence electrons. The molecule has 0 saturated carbocycles. The maximum atomic E-state index is 12.2. The molecule has 0 saturated heterocycles. The molecule has 0 atom stereocenters. The first kappa shape index (κ1) is 18.7. The monoisotopic (exact) mass is 418 g/mol. The largest absolute Gasteiger partial charge is 0.494 e. The molecule has 0 amide bonds. The van der Waals surface area contributed by atoms with Crippen LogP contribution in [-0.4, -0.2) is 12.9 Å². The first-order valence-corrected chi connectivity index (χ1v) is 9.25. The zero-order valence-electron chi connectivity index (χ0n) is 12.9. The zero-order valence-corrected chi connectivity index (χ0v) is 16.1. The van der Waals surface area contributed by atoms with Gasteiger partial charge in [0.15, 0.2) is 5.78 Å². The lowest BCUT2D eigenvalue weighted by Crippen LogP contribution is -2.00. The van der Waals surface area contributed by atoms with Crippen molar-refractivity contribution in [1.29, 1.82) is 0 Å². The van der Waals surface area contributed by atoms with Crippen molar-refractivity contribution in [2.24, 2.45) is 0 Å². The maximum absolute atomic E-state index is 12.2. The fourth-order valence-corrected chi connectivity index (χ4v) is 3.81. The molecule has 0 aliphatic rings. The van der Waals surface area contributed by atoms with Gasteiger partial charge < -0.3 is 4.74 Å². The van der Waals surface area contributed by atoms with Crippen molar-refractivity contribution in [3.05, 3.63) is 26.6 Å². The van der Waals surface area contributed by atoms with Crippen LogP contribution in [0.15, 0.2) is 21.1 Å². The van der Waals surface area contributed by atoms with Crippen molar-refractivity contribution in [2.45, 2.75) is 58.3 Å². The smallest absolute Gasteiger partial charge is 0.162 e. The summed E-state index contributed by atoms with van der Waals surface area (Å²) in [4.78, 5) is 12.2. The quantitative estimate of drug-likeness (QED) is 0.317. The molecule has 0 unspecified atom stereocenters. The second-order valence-electron chi connectivity index (χ2n) is 5.27. The second-order valence-corrected chi connectivity index (χ2v) is 6.98. The molecule has 0 aromatic heterocycles. The molecule has 0 heterocycles. The highest BCUT2D eigenvalue weighted by molar-refractivity contribution is 9.11. The van der Waals surface area contributed by atoms with Gasteiger partial charge >= 0.3 is 0 Å². The number of methoxy groups -OCH3 is 1. The van der Waals surface area contributed by atoms with E-state index in [-0.39, 0.29) is 5.78 Å². The Bertz CT molecular complexity index is 435. The van der Waals surface area contributed by atoms with Crippen molar-refractivity contribution in [3.63, 3.8) is 0 Å². The molecule has 0 aliphatic heterocycles. The molecule has 0 bridgehead atoms. The molecule has 1 rings (SSSR count). The Labute approximate surface area is 144 Å². The van der Waals surface area contributed by atoms with Gasteiger partial charge in [0.25, 0.3) is 0 Å². The summed E-state index contributed by atoms with van der Waals surface area (Å²) in [6, 6.07) is 3.68. The van der Waals surface area contributed by atoms with Gasteiger partial charge in [0, 0.05) is 12.0 Å². The van der Waals surface area contributed by atoms with E-state index in [2.05, 4.69) is 38.8 Å². The third kappa shape index (κ3) is 6.52. The van der Waals surface area contributed by atoms with Gasteiger partial charge in [0.1, 0.15) is 5.75 Å². The summed E-state index contributed by atoms with van der Waals surface area (Å²) in [6.45, 7) is 2.23. The number of ketones is 1. The Morgan fingerprint density at radius 1 is 1.00 bits per heavy atom. The Kier molecular flexibility index (Phi) is 9.25. The molecule has 4 heteroatoms. The van der Waals surface area contributed by atoms with Crippen molar-refractivity contribution >= 4 is 37.6 Å². The van der Waals surface area contributed by atoms with E-state index in [1.54, 1.807) is 7.11 Å². The van der Waals surface area contributed by atoms with E-state index in [0.29, 0.717) is 6.42 Å². The van der Waals surface area contributed by atoms with E-state index < -0.39 is 0 Å².